The molecule has 0 unspecified atom stereocenters. The summed E-state index contributed by atoms with van der Waals surface area (Å²) in [7, 11) is 0. The van der Waals surface area contributed by atoms with Crippen LogP contribution in [0, 0.1) is 0 Å². The van der Waals surface area contributed by atoms with E-state index in [2.05, 4.69) is 15.5 Å². The molecule has 1 N–H and O–H groups in total. The van der Waals surface area contributed by atoms with Gasteiger partial charge in [-0.2, -0.15) is 4.98 Å². The van der Waals surface area contributed by atoms with Gasteiger partial charge in [-0.1, -0.05) is 48.2 Å². The first-order valence-corrected chi connectivity index (χ1v) is 9.58. The van der Waals surface area contributed by atoms with Crippen molar-refractivity contribution < 1.29 is 9.32 Å². The smallest absolute Gasteiger partial charge is 0.259 e. The van der Waals surface area contributed by atoms with Crippen LogP contribution < -0.4 is 5.32 Å². The van der Waals surface area contributed by atoms with E-state index in [1.54, 1.807) is 18.2 Å². The quantitative estimate of drug-likeness (QED) is 0.681. The Morgan fingerprint density at radius 2 is 1.78 bits per heavy atom. The second kappa shape index (κ2) is 7.92. The fourth-order valence-corrected chi connectivity index (χ4v) is 3.55. The molecule has 0 spiro atoms. The second-order valence-corrected chi connectivity index (χ2v) is 7.22. The molecule has 27 heavy (non-hydrogen) atoms. The summed E-state index contributed by atoms with van der Waals surface area (Å²) < 4.78 is 5.44. The molecule has 0 atom stereocenters. The summed E-state index contributed by atoms with van der Waals surface area (Å²) in [6.07, 6.45) is 5.66. The first-order valence-electron chi connectivity index (χ1n) is 9.20. The third-order valence-electron chi connectivity index (χ3n) is 4.87. The highest BCUT2D eigenvalue weighted by molar-refractivity contribution is 6.30. The molecular formula is C21H20ClN3O2. The van der Waals surface area contributed by atoms with Crippen molar-refractivity contribution >= 4 is 17.5 Å². The highest BCUT2D eigenvalue weighted by Crippen LogP contribution is 2.26. The number of nitrogens with one attached hydrogen (secondary N) is 1. The topological polar surface area (TPSA) is 68.0 Å². The molecular weight excluding hydrogens is 362 g/mol. The van der Waals surface area contributed by atoms with Gasteiger partial charge in [0.2, 0.25) is 5.82 Å². The third kappa shape index (κ3) is 4.03. The van der Waals surface area contributed by atoms with E-state index in [0.29, 0.717) is 27.9 Å². The van der Waals surface area contributed by atoms with Gasteiger partial charge in [0.1, 0.15) is 0 Å². The molecule has 3 aromatic rings. The zero-order valence-corrected chi connectivity index (χ0v) is 15.6. The zero-order chi connectivity index (χ0) is 18.6. The molecule has 1 amide bonds. The Morgan fingerprint density at radius 1 is 1.04 bits per heavy atom. The van der Waals surface area contributed by atoms with Crippen LogP contribution in [0.1, 0.15) is 42.5 Å². The molecule has 1 aliphatic carbocycles. The summed E-state index contributed by atoms with van der Waals surface area (Å²) in [4.78, 5) is 17.3. The van der Waals surface area contributed by atoms with Crippen molar-refractivity contribution in [1.82, 2.24) is 15.5 Å². The van der Waals surface area contributed by atoms with E-state index in [-0.39, 0.29) is 11.9 Å². The van der Waals surface area contributed by atoms with E-state index < -0.39 is 0 Å². The maximum atomic E-state index is 12.8. The van der Waals surface area contributed by atoms with Gasteiger partial charge >= 0.3 is 0 Å². The van der Waals surface area contributed by atoms with E-state index in [0.717, 1.165) is 18.4 Å². The molecule has 4 rings (SSSR count). The van der Waals surface area contributed by atoms with Crippen LogP contribution in [0.4, 0.5) is 0 Å². The van der Waals surface area contributed by atoms with Crippen LogP contribution >= 0.6 is 11.6 Å². The van der Waals surface area contributed by atoms with E-state index >= 15 is 0 Å². The predicted molar refractivity (Wildman–Crippen MR) is 105 cm³/mol. The van der Waals surface area contributed by atoms with Crippen LogP contribution in [-0.2, 0) is 0 Å². The van der Waals surface area contributed by atoms with Crippen molar-refractivity contribution in [3.05, 3.63) is 59.1 Å². The number of rotatable bonds is 4. The lowest BCUT2D eigenvalue weighted by Crippen LogP contribution is -2.36. The van der Waals surface area contributed by atoms with Crippen LogP contribution in [0.25, 0.3) is 22.8 Å². The molecule has 2 aromatic carbocycles. The van der Waals surface area contributed by atoms with Crippen molar-refractivity contribution in [2.75, 3.05) is 0 Å². The molecule has 1 aliphatic rings. The Morgan fingerprint density at radius 3 is 2.56 bits per heavy atom. The number of hydrogen-bond donors (Lipinski definition) is 1. The van der Waals surface area contributed by atoms with Crippen molar-refractivity contribution in [3.8, 4) is 22.8 Å². The fraction of sp³-hybridized carbons (Fsp3) is 0.286. The van der Waals surface area contributed by atoms with Gasteiger partial charge in [-0.25, -0.2) is 0 Å². The summed E-state index contributed by atoms with van der Waals surface area (Å²) in [6, 6.07) is 14.8. The van der Waals surface area contributed by atoms with Crippen LogP contribution in [-0.4, -0.2) is 22.1 Å². The SMILES string of the molecule is O=C(NC1CCCCC1)c1ccccc1-c1nc(-c2ccc(Cl)cc2)no1. The molecule has 138 valence electrons. The molecule has 0 bridgehead atoms. The van der Waals surface area contributed by atoms with Gasteiger partial charge in [-0.15, -0.1) is 0 Å². The lowest BCUT2D eigenvalue weighted by molar-refractivity contribution is 0.0928. The van der Waals surface area contributed by atoms with Crippen molar-refractivity contribution in [1.29, 1.82) is 0 Å². The monoisotopic (exact) mass is 381 g/mol. The fourth-order valence-electron chi connectivity index (χ4n) is 3.43. The van der Waals surface area contributed by atoms with E-state index in [9.17, 15) is 4.79 Å². The summed E-state index contributed by atoms with van der Waals surface area (Å²) in [5, 5.41) is 7.84. The minimum Gasteiger partial charge on any atom is -0.349 e. The Balaban J connectivity index is 1.59. The number of amides is 1. The van der Waals surface area contributed by atoms with Crippen molar-refractivity contribution in [3.63, 3.8) is 0 Å². The minimum atomic E-state index is -0.0938. The Bertz CT molecular complexity index is 931. The van der Waals surface area contributed by atoms with Gasteiger partial charge < -0.3 is 9.84 Å². The molecule has 1 aromatic heterocycles. The highest BCUT2D eigenvalue weighted by Gasteiger charge is 2.21. The number of carbonyl (C=O) groups excluding carboxylic acids is 1. The molecule has 0 saturated heterocycles. The summed E-state index contributed by atoms with van der Waals surface area (Å²) in [5.74, 6) is 0.697. The Hall–Kier alpha value is -2.66. The average molecular weight is 382 g/mol. The molecule has 1 saturated carbocycles. The zero-order valence-electron chi connectivity index (χ0n) is 14.8. The van der Waals surface area contributed by atoms with Crippen molar-refractivity contribution in [2.24, 2.45) is 0 Å². The lowest BCUT2D eigenvalue weighted by atomic mass is 9.95. The second-order valence-electron chi connectivity index (χ2n) is 6.78. The van der Waals surface area contributed by atoms with Crippen LogP contribution in [0.5, 0.6) is 0 Å². The molecule has 1 fully saturated rings. The standard InChI is InChI=1S/C21H20ClN3O2/c22-15-12-10-14(11-13-15)19-24-21(27-25-19)18-9-5-4-8-17(18)20(26)23-16-6-2-1-3-7-16/h4-5,8-13,16H,1-3,6-7H2,(H,23,26). The van der Waals surface area contributed by atoms with Gasteiger partial charge in [-0.3, -0.25) is 4.79 Å². The third-order valence-corrected chi connectivity index (χ3v) is 5.12. The van der Waals surface area contributed by atoms with Gasteiger partial charge in [-0.05, 0) is 49.2 Å². The molecule has 6 heteroatoms. The summed E-state index contributed by atoms with van der Waals surface area (Å²) in [5.41, 5.74) is 1.99. The van der Waals surface area contributed by atoms with E-state index in [1.807, 2.05) is 30.3 Å². The van der Waals surface area contributed by atoms with Gasteiger partial charge in [0.25, 0.3) is 11.8 Å². The van der Waals surface area contributed by atoms with Gasteiger partial charge in [0, 0.05) is 16.6 Å². The molecule has 1 heterocycles. The minimum absolute atomic E-state index is 0.0938. The first-order chi connectivity index (χ1) is 13.2. The lowest BCUT2D eigenvalue weighted by Gasteiger charge is -2.23. The molecule has 0 radical (unpaired) electrons. The summed E-state index contributed by atoms with van der Waals surface area (Å²) in [6.45, 7) is 0. The maximum absolute atomic E-state index is 12.8. The predicted octanol–water partition coefficient (Wildman–Crippen LogP) is 5.12. The normalized spacial score (nSPS) is 14.9. The van der Waals surface area contributed by atoms with E-state index in [4.69, 9.17) is 16.1 Å². The first kappa shape index (κ1) is 17.7. The number of benzene rings is 2. The number of carbonyl (C=O) groups is 1. The summed E-state index contributed by atoms with van der Waals surface area (Å²) >= 11 is 5.93. The van der Waals surface area contributed by atoms with Crippen LogP contribution in [0.15, 0.2) is 53.1 Å². The number of halogens is 1. The average Bonchev–Trinajstić information content (AvgIpc) is 3.19. The Labute approximate surface area is 162 Å². The van der Waals surface area contributed by atoms with Crippen molar-refractivity contribution in [2.45, 2.75) is 38.1 Å². The largest absolute Gasteiger partial charge is 0.349 e. The van der Waals surface area contributed by atoms with Gasteiger partial charge in [0.05, 0.1) is 11.1 Å². The van der Waals surface area contributed by atoms with E-state index in [1.165, 1.54) is 19.3 Å². The van der Waals surface area contributed by atoms with Crippen LogP contribution in [0.2, 0.25) is 5.02 Å². The highest BCUT2D eigenvalue weighted by atomic mass is 35.5. The number of aromatic nitrogens is 2. The number of hydrogen-bond acceptors (Lipinski definition) is 4. The van der Waals surface area contributed by atoms with Gasteiger partial charge in [0.15, 0.2) is 0 Å². The maximum Gasteiger partial charge on any atom is 0.259 e. The molecule has 0 aliphatic heterocycles. The van der Waals surface area contributed by atoms with Crippen LogP contribution in [0.3, 0.4) is 0 Å². The Kier molecular flexibility index (Phi) is 5.21. The number of nitrogens with zero attached hydrogens (tertiary/aromatic N) is 2. The molecule has 5 nitrogen and oxygen atoms in total.